The molecule has 0 amide bonds. The molecule has 0 spiro atoms. The van der Waals surface area contributed by atoms with Crippen molar-refractivity contribution in [2.75, 3.05) is 0 Å². The summed E-state index contributed by atoms with van der Waals surface area (Å²) in [6, 6.07) is 10.2. The molecule has 2 nitrogen and oxygen atoms in total. The highest BCUT2D eigenvalue weighted by molar-refractivity contribution is 5.14. The van der Waals surface area contributed by atoms with Crippen LogP contribution in [0.2, 0.25) is 0 Å². The molecule has 1 heterocycles. The van der Waals surface area contributed by atoms with Gasteiger partial charge in [0.2, 0.25) is 0 Å². The number of benzene rings is 1. The average Bonchev–Trinajstić information content (AvgIpc) is 2.81. The summed E-state index contributed by atoms with van der Waals surface area (Å²) in [5.41, 5.74) is 1.31. The highest BCUT2D eigenvalue weighted by Crippen LogP contribution is 2.23. The molecule has 1 N–H and O–H groups in total. The molecule has 2 heteroatoms. The summed E-state index contributed by atoms with van der Waals surface area (Å²) < 4.78 is 4.89. The fraction of sp³-hybridized carbons (Fsp3) is 0.400. The van der Waals surface area contributed by atoms with Crippen LogP contribution in [0.4, 0.5) is 0 Å². The second-order valence-electron chi connectivity index (χ2n) is 3.09. The van der Waals surface area contributed by atoms with E-state index in [1.54, 1.807) is 0 Å². The zero-order valence-electron chi connectivity index (χ0n) is 6.81. The molecule has 1 aliphatic rings. The van der Waals surface area contributed by atoms with Crippen molar-refractivity contribution in [3.8, 4) is 0 Å². The fourth-order valence-electron chi connectivity index (χ4n) is 1.30. The van der Waals surface area contributed by atoms with Crippen LogP contribution in [0.15, 0.2) is 30.3 Å². The summed E-state index contributed by atoms with van der Waals surface area (Å²) in [6.45, 7) is 0. The van der Waals surface area contributed by atoms with Gasteiger partial charge in [0.15, 0.2) is 6.29 Å². The fourth-order valence-corrected chi connectivity index (χ4v) is 1.30. The van der Waals surface area contributed by atoms with Crippen molar-refractivity contribution in [3.05, 3.63) is 35.9 Å². The molecule has 1 aromatic carbocycles. The van der Waals surface area contributed by atoms with Gasteiger partial charge in [-0.15, -0.1) is 0 Å². The third-order valence-electron chi connectivity index (χ3n) is 2.12. The maximum Gasteiger partial charge on any atom is 0.181 e. The Balaban J connectivity index is 1.80. The smallest absolute Gasteiger partial charge is 0.181 e. The topological polar surface area (TPSA) is 32.8 Å². The Morgan fingerprint density at radius 1 is 1.25 bits per heavy atom. The SMILES string of the molecule is OC1O[C@@H]1CCc1ccccc1. The van der Waals surface area contributed by atoms with Crippen molar-refractivity contribution in [2.24, 2.45) is 0 Å². The summed E-state index contributed by atoms with van der Waals surface area (Å²) >= 11 is 0. The van der Waals surface area contributed by atoms with Crippen molar-refractivity contribution in [2.45, 2.75) is 25.2 Å². The molecule has 2 atom stereocenters. The normalized spacial score (nSPS) is 27.1. The molecule has 0 aliphatic carbocycles. The highest BCUT2D eigenvalue weighted by atomic mass is 16.7. The van der Waals surface area contributed by atoms with E-state index in [0.29, 0.717) is 0 Å². The maximum atomic E-state index is 8.88. The number of aryl methyl sites for hydroxylation is 1. The Morgan fingerprint density at radius 3 is 2.50 bits per heavy atom. The number of hydrogen-bond acceptors (Lipinski definition) is 2. The molecule has 0 aromatic heterocycles. The summed E-state index contributed by atoms with van der Waals surface area (Å²) in [5, 5.41) is 8.88. The van der Waals surface area contributed by atoms with E-state index < -0.39 is 6.29 Å². The van der Waals surface area contributed by atoms with Crippen LogP contribution in [0.1, 0.15) is 12.0 Å². The highest BCUT2D eigenvalue weighted by Gasteiger charge is 2.35. The minimum Gasteiger partial charge on any atom is -0.366 e. The molecule has 0 bridgehead atoms. The summed E-state index contributed by atoms with van der Waals surface area (Å²) in [6.07, 6.45) is 1.51. The van der Waals surface area contributed by atoms with Crippen LogP contribution in [0.3, 0.4) is 0 Å². The van der Waals surface area contributed by atoms with E-state index in [1.165, 1.54) is 5.56 Å². The zero-order valence-corrected chi connectivity index (χ0v) is 6.81. The lowest BCUT2D eigenvalue weighted by Gasteiger charge is -1.96. The summed E-state index contributed by atoms with van der Waals surface area (Å²) in [5.74, 6) is 0. The lowest BCUT2D eigenvalue weighted by atomic mass is 10.1. The van der Waals surface area contributed by atoms with Gasteiger partial charge in [-0.2, -0.15) is 0 Å². The molecule has 0 saturated carbocycles. The van der Waals surface area contributed by atoms with Gasteiger partial charge in [0.1, 0.15) is 6.10 Å². The molecule has 2 rings (SSSR count). The van der Waals surface area contributed by atoms with Gasteiger partial charge in [-0.1, -0.05) is 30.3 Å². The van der Waals surface area contributed by atoms with E-state index in [0.717, 1.165) is 12.8 Å². The molecule has 0 radical (unpaired) electrons. The minimum absolute atomic E-state index is 0.0882. The van der Waals surface area contributed by atoms with Crippen LogP contribution in [-0.2, 0) is 11.2 Å². The van der Waals surface area contributed by atoms with Gasteiger partial charge in [-0.05, 0) is 18.4 Å². The van der Waals surface area contributed by atoms with Crippen LogP contribution >= 0.6 is 0 Å². The average molecular weight is 164 g/mol. The van der Waals surface area contributed by atoms with E-state index in [1.807, 2.05) is 18.2 Å². The Hall–Kier alpha value is -0.860. The molecular weight excluding hydrogens is 152 g/mol. The monoisotopic (exact) mass is 164 g/mol. The molecule has 1 aromatic rings. The lowest BCUT2D eigenvalue weighted by Crippen LogP contribution is -1.94. The Morgan fingerprint density at radius 2 is 1.92 bits per heavy atom. The van der Waals surface area contributed by atoms with Crippen LogP contribution in [-0.4, -0.2) is 17.5 Å². The van der Waals surface area contributed by atoms with Crippen LogP contribution < -0.4 is 0 Å². The van der Waals surface area contributed by atoms with E-state index in [-0.39, 0.29) is 6.10 Å². The number of ether oxygens (including phenoxy) is 1. The first kappa shape index (κ1) is 7.77. The number of aliphatic hydroxyl groups excluding tert-OH is 1. The molecule has 1 saturated heterocycles. The van der Waals surface area contributed by atoms with Gasteiger partial charge in [0.25, 0.3) is 0 Å². The second-order valence-corrected chi connectivity index (χ2v) is 3.09. The molecule has 64 valence electrons. The Kier molecular flexibility index (Phi) is 2.11. The predicted molar refractivity (Wildman–Crippen MR) is 45.6 cm³/mol. The third-order valence-corrected chi connectivity index (χ3v) is 2.12. The second kappa shape index (κ2) is 3.25. The van der Waals surface area contributed by atoms with Crippen molar-refractivity contribution < 1.29 is 9.84 Å². The zero-order chi connectivity index (χ0) is 8.39. The number of epoxide rings is 1. The molecule has 12 heavy (non-hydrogen) atoms. The minimum atomic E-state index is -0.492. The lowest BCUT2D eigenvalue weighted by molar-refractivity contribution is 0.156. The van der Waals surface area contributed by atoms with Gasteiger partial charge in [0, 0.05) is 0 Å². The summed E-state index contributed by atoms with van der Waals surface area (Å²) in [7, 11) is 0. The third kappa shape index (κ3) is 1.84. The van der Waals surface area contributed by atoms with Gasteiger partial charge < -0.3 is 9.84 Å². The van der Waals surface area contributed by atoms with Crippen molar-refractivity contribution in [1.29, 1.82) is 0 Å². The first-order chi connectivity index (χ1) is 5.86. The molecule has 1 fully saturated rings. The largest absolute Gasteiger partial charge is 0.366 e. The first-order valence-electron chi connectivity index (χ1n) is 4.24. The van der Waals surface area contributed by atoms with Gasteiger partial charge in [0.05, 0.1) is 0 Å². The molecule has 1 aliphatic heterocycles. The van der Waals surface area contributed by atoms with E-state index in [9.17, 15) is 0 Å². The number of rotatable bonds is 3. The van der Waals surface area contributed by atoms with E-state index >= 15 is 0 Å². The first-order valence-corrected chi connectivity index (χ1v) is 4.24. The van der Waals surface area contributed by atoms with Crippen molar-refractivity contribution in [1.82, 2.24) is 0 Å². The maximum absolute atomic E-state index is 8.88. The number of hydrogen-bond donors (Lipinski definition) is 1. The standard InChI is InChI=1S/C10H12O2/c11-10-9(12-10)7-6-8-4-2-1-3-5-8/h1-5,9-11H,6-7H2/t9-,10?/m1/s1. The van der Waals surface area contributed by atoms with Gasteiger partial charge >= 0.3 is 0 Å². The van der Waals surface area contributed by atoms with Gasteiger partial charge in [-0.25, -0.2) is 0 Å². The van der Waals surface area contributed by atoms with Crippen LogP contribution in [0.25, 0.3) is 0 Å². The van der Waals surface area contributed by atoms with Crippen LogP contribution in [0, 0.1) is 0 Å². The molecular formula is C10H12O2. The van der Waals surface area contributed by atoms with Gasteiger partial charge in [-0.3, -0.25) is 0 Å². The van der Waals surface area contributed by atoms with E-state index in [4.69, 9.17) is 9.84 Å². The van der Waals surface area contributed by atoms with E-state index in [2.05, 4.69) is 12.1 Å². The molecule has 1 unspecified atom stereocenters. The van der Waals surface area contributed by atoms with Crippen LogP contribution in [0.5, 0.6) is 0 Å². The Bertz CT molecular complexity index is 245. The van der Waals surface area contributed by atoms with Crippen molar-refractivity contribution in [3.63, 3.8) is 0 Å². The van der Waals surface area contributed by atoms with Crippen molar-refractivity contribution >= 4 is 0 Å². The number of aliphatic hydroxyl groups is 1. The predicted octanol–water partition coefficient (Wildman–Crippen LogP) is 1.34. The Labute approximate surface area is 71.8 Å². The quantitative estimate of drug-likeness (QED) is 0.684. The summed E-state index contributed by atoms with van der Waals surface area (Å²) in [4.78, 5) is 0.